The molecule has 8 heteroatoms. The van der Waals surface area contributed by atoms with Crippen LogP contribution in [0.15, 0.2) is 30.3 Å². The van der Waals surface area contributed by atoms with Crippen molar-refractivity contribution in [3.63, 3.8) is 0 Å². The molecule has 0 radical (unpaired) electrons. The zero-order valence-corrected chi connectivity index (χ0v) is 14.1. The van der Waals surface area contributed by atoms with E-state index in [1.165, 1.54) is 0 Å². The number of carboxylic acid groups (broad SMARTS) is 1. The second kappa shape index (κ2) is 8.29. The molecular formula is C18H21NO7. The number of rotatable bonds is 8. The van der Waals surface area contributed by atoms with Crippen molar-refractivity contribution in [3.05, 3.63) is 35.9 Å². The highest BCUT2D eigenvalue weighted by atomic mass is 16.6. The molecule has 2 aliphatic heterocycles. The van der Waals surface area contributed by atoms with Crippen molar-refractivity contribution in [1.82, 2.24) is 5.32 Å². The van der Waals surface area contributed by atoms with Crippen molar-refractivity contribution >= 4 is 17.8 Å². The van der Waals surface area contributed by atoms with Crippen molar-refractivity contribution in [2.24, 2.45) is 0 Å². The molecule has 1 amide bonds. The van der Waals surface area contributed by atoms with Gasteiger partial charge in [-0.2, -0.15) is 0 Å². The molecule has 1 aromatic rings. The molecule has 3 unspecified atom stereocenters. The van der Waals surface area contributed by atoms with E-state index in [1.807, 2.05) is 6.07 Å². The van der Waals surface area contributed by atoms with Crippen LogP contribution in [0.1, 0.15) is 18.4 Å². The van der Waals surface area contributed by atoms with Crippen molar-refractivity contribution in [3.8, 4) is 0 Å². The largest absolute Gasteiger partial charge is 0.480 e. The number of nitrogens with one attached hydrogen (secondary N) is 1. The Morgan fingerprint density at radius 1 is 1.23 bits per heavy atom. The Kier molecular flexibility index (Phi) is 5.85. The quantitative estimate of drug-likeness (QED) is 0.504. The summed E-state index contributed by atoms with van der Waals surface area (Å²) >= 11 is 0. The van der Waals surface area contributed by atoms with Gasteiger partial charge in [0.25, 0.3) is 5.91 Å². The summed E-state index contributed by atoms with van der Waals surface area (Å²) in [6.45, 7) is 0.796. The van der Waals surface area contributed by atoms with Crippen LogP contribution in [0, 0.1) is 0 Å². The molecule has 0 saturated carbocycles. The smallest absolute Gasteiger partial charge is 0.338 e. The molecule has 0 aliphatic carbocycles. The first kappa shape index (κ1) is 18.3. The van der Waals surface area contributed by atoms with Gasteiger partial charge in [-0.1, -0.05) is 30.3 Å². The van der Waals surface area contributed by atoms with Crippen LogP contribution < -0.4 is 5.32 Å². The van der Waals surface area contributed by atoms with Gasteiger partial charge in [-0.3, -0.25) is 4.79 Å². The van der Waals surface area contributed by atoms with E-state index in [1.54, 1.807) is 24.3 Å². The summed E-state index contributed by atoms with van der Waals surface area (Å²) in [5, 5.41) is 11.7. The average molecular weight is 363 g/mol. The lowest BCUT2D eigenvalue weighted by Crippen LogP contribution is -2.45. The van der Waals surface area contributed by atoms with Crippen LogP contribution in [-0.4, -0.2) is 60.5 Å². The highest BCUT2D eigenvalue weighted by Crippen LogP contribution is 2.24. The zero-order valence-electron chi connectivity index (χ0n) is 14.1. The Morgan fingerprint density at radius 3 is 2.65 bits per heavy atom. The Hall–Kier alpha value is -2.45. The summed E-state index contributed by atoms with van der Waals surface area (Å²) in [5.41, 5.74) is 0.782. The Balaban J connectivity index is 1.46. The molecule has 3 rings (SSSR count). The Bertz CT molecular complexity index is 657. The number of amides is 1. The van der Waals surface area contributed by atoms with E-state index >= 15 is 0 Å². The monoisotopic (exact) mass is 363 g/mol. The minimum absolute atomic E-state index is 0.104. The zero-order chi connectivity index (χ0) is 18.5. The number of carbonyl (C=O) groups is 3. The number of hydrogen-bond acceptors (Lipinski definition) is 6. The number of benzene rings is 1. The number of carboxylic acids is 1. The third kappa shape index (κ3) is 4.80. The molecule has 0 aromatic heterocycles. The van der Waals surface area contributed by atoms with Gasteiger partial charge in [0.15, 0.2) is 12.2 Å². The molecule has 8 nitrogen and oxygen atoms in total. The van der Waals surface area contributed by atoms with Crippen molar-refractivity contribution in [1.29, 1.82) is 0 Å². The van der Waals surface area contributed by atoms with Gasteiger partial charge in [-0.25, -0.2) is 9.59 Å². The number of aliphatic carboxylic acids is 1. The van der Waals surface area contributed by atoms with Crippen LogP contribution in [0.5, 0.6) is 0 Å². The van der Waals surface area contributed by atoms with Gasteiger partial charge in [-0.15, -0.1) is 0 Å². The van der Waals surface area contributed by atoms with E-state index in [9.17, 15) is 19.5 Å². The lowest BCUT2D eigenvalue weighted by molar-refractivity contribution is -0.148. The van der Waals surface area contributed by atoms with Gasteiger partial charge in [0.1, 0.15) is 12.6 Å². The van der Waals surface area contributed by atoms with Gasteiger partial charge in [0, 0.05) is 13.0 Å². The van der Waals surface area contributed by atoms with Crippen LogP contribution >= 0.6 is 0 Å². The molecule has 26 heavy (non-hydrogen) atoms. The molecule has 1 aromatic carbocycles. The van der Waals surface area contributed by atoms with E-state index in [2.05, 4.69) is 5.32 Å². The standard InChI is InChI=1S/C18H21NO7/c20-16(19-13(17(21)22)9-11-5-2-1-3-6-11)14-15(26-14)18(23)25-10-12-7-4-8-24-12/h1-3,5-6,12-15H,4,7-10H2,(H,19,20)(H,21,22)/t12?,13-,14?,15?/m0/s1. The second-order valence-electron chi connectivity index (χ2n) is 6.33. The SMILES string of the molecule is O=C(N[C@@H](Cc1ccccc1)C(=O)O)C1OC1C(=O)OCC1CCCO1. The Labute approximate surface area is 150 Å². The lowest BCUT2D eigenvalue weighted by Gasteiger charge is -2.14. The highest BCUT2D eigenvalue weighted by Gasteiger charge is 2.52. The lowest BCUT2D eigenvalue weighted by atomic mass is 10.1. The van der Waals surface area contributed by atoms with E-state index in [-0.39, 0.29) is 19.1 Å². The predicted molar refractivity (Wildman–Crippen MR) is 88.3 cm³/mol. The normalized spacial score (nSPS) is 25.3. The minimum Gasteiger partial charge on any atom is -0.480 e. The van der Waals surface area contributed by atoms with E-state index in [4.69, 9.17) is 14.2 Å². The summed E-state index contributed by atoms with van der Waals surface area (Å²) in [7, 11) is 0. The molecule has 0 bridgehead atoms. The summed E-state index contributed by atoms with van der Waals surface area (Å²) in [6, 6.07) is 7.86. The number of hydrogen-bond donors (Lipinski definition) is 2. The molecule has 140 valence electrons. The van der Waals surface area contributed by atoms with Gasteiger partial charge in [0.2, 0.25) is 0 Å². The molecule has 0 spiro atoms. The predicted octanol–water partition coefficient (Wildman–Crippen LogP) is 0.288. The van der Waals surface area contributed by atoms with Crippen molar-refractivity contribution < 1.29 is 33.7 Å². The first-order valence-electron chi connectivity index (χ1n) is 8.55. The maximum absolute atomic E-state index is 12.2. The van der Waals surface area contributed by atoms with Gasteiger partial charge < -0.3 is 24.6 Å². The third-order valence-corrected chi connectivity index (χ3v) is 4.32. The minimum atomic E-state index is -1.15. The van der Waals surface area contributed by atoms with E-state index in [0.29, 0.717) is 6.61 Å². The fourth-order valence-corrected chi connectivity index (χ4v) is 2.83. The Morgan fingerprint density at radius 2 is 2.00 bits per heavy atom. The molecule has 2 N–H and O–H groups in total. The number of carbonyl (C=O) groups excluding carboxylic acids is 2. The summed E-state index contributed by atoms with van der Waals surface area (Å²) in [4.78, 5) is 35.4. The average Bonchev–Trinajstić information content (AvgIpc) is 3.27. The maximum atomic E-state index is 12.2. The topological polar surface area (TPSA) is 114 Å². The first-order chi connectivity index (χ1) is 12.5. The molecule has 2 saturated heterocycles. The first-order valence-corrected chi connectivity index (χ1v) is 8.55. The second-order valence-corrected chi connectivity index (χ2v) is 6.33. The van der Waals surface area contributed by atoms with Crippen LogP contribution in [0.25, 0.3) is 0 Å². The molecule has 4 atom stereocenters. The van der Waals surface area contributed by atoms with Gasteiger partial charge in [-0.05, 0) is 18.4 Å². The third-order valence-electron chi connectivity index (χ3n) is 4.32. The molecule has 2 aliphatic rings. The maximum Gasteiger partial charge on any atom is 0.338 e. The molecular weight excluding hydrogens is 342 g/mol. The van der Waals surface area contributed by atoms with E-state index in [0.717, 1.165) is 18.4 Å². The van der Waals surface area contributed by atoms with Gasteiger partial charge in [0.05, 0.1) is 6.10 Å². The molecule has 2 heterocycles. The van der Waals surface area contributed by atoms with Crippen LogP contribution in [0.4, 0.5) is 0 Å². The summed E-state index contributed by atoms with van der Waals surface area (Å²) in [5.74, 6) is -2.41. The molecule has 2 fully saturated rings. The van der Waals surface area contributed by atoms with Crippen molar-refractivity contribution in [2.45, 2.75) is 43.6 Å². The van der Waals surface area contributed by atoms with Gasteiger partial charge >= 0.3 is 11.9 Å². The van der Waals surface area contributed by atoms with Crippen LogP contribution in [0.3, 0.4) is 0 Å². The highest BCUT2D eigenvalue weighted by molar-refractivity contribution is 5.94. The number of esters is 1. The van der Waals surface area contributed by atoms with E-state index < -0.39 is 36.1 Å². The van der Waals surface area contributed by atoms with Crippen LogP contribution in [0.2, 0.25) is 0 Å². The van der Waals surface area contributed by atoms with Crippen molar-refractivity contribution in [2.75, 3.05) is 13.2 Å². The summed E-state index contributed by atoms with van der Waals surface area (Å²) < 4.78 is 15.5. The number of ether oxygens (including phenoxy) is 3. The number of epoxide rings is 1. The fraction of sp³-hybridized carbons (Fsp3) is 0.500. The fourth-order valence-electron chi connectivity index (χ4n) is 2.83. The summed E-state index contributed by atoms with van der Waals surface area (Å²) in [6.07, 6.45) is -0.185. The van der Waals surface area contributed by atoms with Crippen LogP contribution in [-0.2, 0) is 35.0 Å².